The number of rotatable bonds is 6. The predicted molar refractivity (Wildman–Crippen MR) is 228 cm³/mol. The van der Waals surface area contributed by atoms with Gasteiger partial charge in [0, 0.05) is 0 Å². The Labute approximate surface area is 346 Å². The molecule has 2 aliphatic carbocycles. The third kappa shape index (κ3) is 5.85. The van der Waals surface area contributed by atoms with Crippen molar-refractivity contribution in [1.29, 1.82) is 0 Å². The van der Waals surface area contributed by atoms with Crippen LogP contribution < -0.4 is 24.8 Å². The van der Waals surface area contributed by atoms with Gasteiger partial charge in [0.1, 0.15) is 0 Å². The molecule has 0 saturated carbocycles. The van der Waals surface area contributed by atoms with Gasteiger partial charge >= 0.3 is 325 Å². The van der Waals surface area contributed by atoms with Crippen LogP contribution in [0.5, 0.6) is 0 Å². The normalized spacial score (nSPS) is 17.3. The summed E-state index contributed by atoms with van der Waals surface area (Å²) in [5.41, 5.74) is 24.7. The summed E-state index contributed by atoms with van der Waals surface area (Å²) in [6.45, 7) is 24.5. The molecule has 2 unspecified atom stereocenters. The second kappa shape index (κ2) is 14.6. The molecule has 2 atom stereocenters. The van der Waals surface area contributed by atoms with E-state index in [0.717, 1.165) is 0 Å². The van der Waals surface area contributed by atoms with Gasteiger partial charge in [-0.15, -0.1) is 0 Å². The van der Waals surface area contributed by atoms with Crippen LogP contribution in [0.25, 0.3) is 56.0 Å². The van der Waals surface area contributed by atoms with Gasteiger partial charge in [-0.1, -0.05) is 0 Å². The fraction of sp³-hybridized carbons (Fsp3) is 0.308. The van der Waals surface area contributed by atoms with Gasteiger partial charge in [-0.25, -0.2) is 0 Å². The maximum absolute atomic E-state index is 3.06. The standard InChI is InChI=1S/2C25H25.C2H4.2ClH.Zr/c2*1-15(2)20-13-23-17(4)16(3)18(5)25(24(23)14-20)22-12-8-10-19-9-6-7-11-21(19)22;1-2;;;/h2*6-15H,1-5H3;1-2H2;2*1H;/q;;;;;+2/p-2. The van der Waals surface area contributed by atoms with Crippen molar-refractivity contribution >= 4 is 33.7 Å². The Morgan fingerprint density at radius 1 is 0.455 bits per heavy atom. The molecule has 0 nitrogen and oxygen atoms in total. The Morgan fingerprint density at radius 3 is 1.18 bits per heavy atom. The van der Waals surface area contributed by atoms with Crippen molar-refractivity contribution in [3.05, 3.63) is 152 Å². The van der Waals surface area contributed by atoms with Crippen LogP contribution in [0.3, 0.4) is 0 Å². The number of fused-ring (bicyclic) bond motifs is 4. The van der Waals surface area contributed by atoms with Crippen molar-refractivity contribution in [2.75, 3.05) is 0 Å². The molecule has 6 aromatic carbocycles. The molecule has 1 fully saturated rings. The molecule has 1 heterocycles. The molecule has 9 rings (SSSR count). The van der Waals surface area contributed by atoms with Gasteiger partial charge in [0.2, 0.25) is 0 Å². The van der Waals surface area contributed by atoms with Crippen LogP contribution in [-0.4, -0.2) is 0 Å². The Balaban J connectivity index is 0.00000233. The van der Waals surface area contributed by atoms with E-state index in [-0.39, 0.29) is 24.8 Å². The monoisotopic (exact) mass is 838 g/mol. The number of hydrogen-bond donors (Lipinski definition) is 0. The first-order chi connectivity index (χ1) is 25.5. The van der Waals surface area contributed by atoms with E-state index in [4.69, 9.17) is 0 Å². The molecular formula is C52H54Cl2Zr. The van der Waals surface area contributed by atoms with Crippen LogP contribution in [0.4, 0.5) is 0 Å². The zero-order chi connectivity index (χ0) is 37.1. The Kier molecular flexibility index (Phi) is 10.6. The molecule has 3 aliphatic rings. The smallest absolute Gasteiger partial charge is 1.00 e. The summed E-state index contributed by atoms with van der Waals surface area (Å²) in [7, 11) is 0. The summed E-state index contributed by atoms with van der Waals surface area (Å²) < 4.78 is 4.16. The van der Waals surface area contributed by atoms with Crippen molar-refractivity contribution in [1.82, 2.24) is 0 Å². The van der Waals surface area contributed by atoms with Crippen LogP contribution in [0.15, 0.2) is 96.1 Å². The summed E-state index contributed by atoms with van der Waals surface area (Å²) in [6.07, 6.45) is 5.45. The second-order valence-corrected chi connectivity index (χ2v) is 28.8. The fourth-order valence-corrected chi connectivity index (χ4v) is 29.5. The summed E-state index contributed by atoms with van der Waals surface area (Å²) in [6, 6.07) is 31.9. The molecule has 280 valence electrons. The van der Waals surface area contributed by atoms with E-state index in [1.54, 1.807) is 44.5 Å². The van der Waals surface area contributed by atoms with E-state index in [2.05, 4.69) is 166 Å². The van der Waals surface area contributed by atoms with Gasteiger partial charge in [0.05, 0.1) is 0 Å². The van der Waals surface area contributed by atoms with Gasteiger partial charge in [-0.2, -0.15) is 0 Å². The number of allylic oxidation sites excluding steroid dienone is 2. The van der Waals surface area contributed by atoms with Crippen molar-refractivity contribution in [2.24, 2.45) is 11.8 Å². The van der Waals surface area contributed by atoms with E-state index in [9.17, 15) is 0 Å². The molecular weight excluding hydrogens is 787 g/mol. The molecule has 0 N–H and O–H groups in total. The first-order valence-corrected chi connectivity index (χ1v) is 26.4. The third-order valence-electron chi connectivity index (χ3n) is 14.2. The van der Waals surface area contributed by atoms with Gasteiger partial charge < -0.3 is 24.8 Å². The molecule has 1 aliphatic heterocycles. The van der Waals surface area contributed by atoms with Crippen LogP contribution in [0, 0.1) is 53.4 Å². The SMILES string of the molecule is Cc1c(C)c(-c2cccc3ccccc23)c2c(c1C)[CH]([Zr+2]1([CH]3C(C(C)C)=Cc4c(-c5cccc6ccccc56)c(C)c(C)c(C)c43)[CH2][CH2]1)C(C(C)C)=C2.[Cl-].[Cl-]. The molecule has 1 saturated heterocycles. The van der Waals surface area contributed by atoms with E-state index in [1.807, 2.05) is 0 Å². The van der Waals surface area contributed by atoms with Crippen molar-refractivity contribution in [2.45, 2.75) is 84.7 Å². The maximum atomic E-state index is 2.72. The van der Waals surface area contributed by atoms with Gasteiger partial charge in [0.25, 0.3) is 0 Å². The minimum atomic E-state index is -3.06. The van der Waals surface area contributed by atoms with Crippen molar-refractivity contribution in [3.63, 3.8) is 0 Å². The molecule has 0 radical (unpaired) electrons. The fourth-order valence-electron chi connectivity index (χ4n) is 11.0. The Bertz CT molecular complexity index is 2410. The molecule has 0 aromatic heterocycles. The molecule has 0 spiro atoms. The zero-order valence-corrected chi connectivity index (χ0v) is 38.2. The molecule has 0 amide bonds. The quantitative estimate of drug-likeness (QED) is 0.157. The van der Waals surface area contributed by atoms with Crippen LogP contribution in [-0.2, 0) is 20.3 Å². The number of hydrogen-bond acceptors (Lipinski definition) is 0. The molecule has 0 bridgehead atoms. The van der Waals surface area contributed by atoms with Crippen molar-refractivity contribution < 1.29 is 45.1 Å². The summed E-state index contributed by atoms with van der Waals surface area (Å²) in [5.74, 6) is 1.03. The Morgan fingerprint density at radius 2 is 0.818 bits per heavy atom. The van der Waals surface area contributed by atoms with E-state index < -0.39 is 20.3 Å². The van der Waals surface area contributed by atoms with E-state index in [1.165, 1.54) is 74.3 Å². The van der Waals surface area contributed by atoms with Crippen molar-refractivity contribution in [3.8, 4) is 22.3 Å². The van der Waals surface area contributed by atoms with Crippen LogP contribution in [0.2, 0.25) is 8.26 Å². The first-order valence-electron chi connectivity index (χ1n) is 20.1. The van der Waals surface area contributed by atoms with Crippen LogP contribution in [0.1, 0.15) is 90.6 Å². The summed E-state index contributed by atoms with van der Waals surface area (Å²) in [4.78, 5) is 0. The zero-order valence-electron chi connectivity index (χ0n) is 34.2. The average molecular weight is 841 g/mol. The molecule has 3 heteroatoms. The number of halogens is 2. The number of benzene rings is 6. The maximum Gasteiger partial charge on any atom is -1.00 e. The third-order valence-corrected chi connectivity index (χ3v) is 27.0. The predicted octanol–water partition coefficient (Wildman–Crippen LogP) is 9.08. The van der Waals surface area contributed by atoms with Gasteiger partial charge in [-0.3, -0.25) is 0 Å². The van der Waals surface area contributed by atoms with Gasteiger partial charge in [0.15, 0.2) is 0 Å². The molecule has 55 heavy (non-hydrogen) atoms. The first kappa shape index (κ1) is 40.0. The minimum absolute atomic E-state index is 0. The average Bonchev–Trinajstić information content (AvgIpc) is 3.68. The summed E-state index contributed by atoms with van der Waals surface area (Å²) >= 11 is -3.06. The van der Waals surface area contributed by atoms with E-state index in [0.29, 0.717) is 19.1 Å². The topological polar surface area (TPSA) is 0 Å². The van der Waals surface area contributed by atoms with E-state index >= 15 is 0 Å². The largest absolute Gasteiger partial charge is 1.00 e. The molecule has 6 aromatic rings. The van der Waals surface area contributed by atoms with Crippen LogP contribution >= 0.6 is 0 Å². The minimum Gasteiger partial charge on any atom is -1.00 e. The Hall–Kier alpha value is -3.22. The summed E-state index contributed by atoms with van der Waals surface area (Å²) in [5, 5.41) is 5.39. The van der Waals surface area contributed by atoms with Gasteiger partial charge in [-0.05, 0) is 0 Å². The second-order valence-electron chi connectivity index (χ2n) is 17.4.